The zero-order valence-electron chi connectivity index (χ0n) is 18.7. The van der Waals surface area contributed by atoms with Gasteiger partial charge in [-0.05, 0) is 131 Å². The molecule has 0 aromatic heterocycles. The van der Waals surface area contributed by atoms with Crippen molar-refractivity contribution in [1.29, 1.82) is 0 Å². The largest absolute Gasteiger partial charge is 0.0634 e. The topological polar surface area (TPSA) is 0 Å². The van der Waals surface area contributed by atoms with Gasteiger partial charge in [-0.3, -0.25) is 0 Å². The smallest absolute Gasteiger partial charge is 0.0397 e. The van der Waals surface area contributed by atoms with Gasteiger partial charge in [0, 0.05) is 9.04 Å². The summed E-state index contributed by atoms with van der Waals surface area (Å²) >= 11 is 0. The van der Waals surface area contributed by atoms with Gasteiger partial charge in [0.15, 0.2) is 0 Å². The maximum Gasteiger partial charge on any atom is 0.0397 e. The first-order valence-corrected chi connectivity index (χ1v) is 22.3. The summed E-state index contributed by atoms with van der Waals surface area (Å²) in [5.74, 6) is 0. The van der Waals surface area contributed by atoms with Crippen LogP contribution in [0.3, 0.4) is 0 Å². The maximum absolute atomic E-state index is 2.48. The predicted octanol–water partition coefficient (Wildman–Crippen LogP) is 4.76. The number of hydrogen-bond donors (Lipinski definition) is 0. The van der Waals surface area contributed by atoms with Crippen LogP contribution in [-0.4, -0.2) is 27.4 Å². The number of benzene rings is 7. The van der Waals surface area contributed by atoms with Gasteiger partial charge < -0.3 is 0 Å². The van der Waals surface area contributed by atoms with E-state index >= 15 is 0 Å². The van der Waals surface area contributed by atoms with E-state index < -0.39 is 0 Å². The highest BCUT2D eigenvalue weighted by atomic mass is 29.5. The van der Waals surface area contributed by atoms with E-state index in [1.807, 2.05) is 0 Å². The minimum absolute atomic E-state index is 0.00418. The van der Waals surface area contributed by atoms with E-state index in [4.69, 9.17) is 0 Å². The summed E-state index contributed by atoms with van der Waals surface area (Å²) in [5.41, 5.74) is 0. The van der Waals surface area contributed by atoms with Gasteiger partial charge in [0.05, 0.1) is 0 Å². The third kappa shape index (κ3) is 3.08. The van der Waals surface area contributed by atoms with Crippen molar-refractivity contribution in [3.63, 3.8) is 0 Å². The molecule has 7 rings (SSSR count). The summed E-state index contributed by atoms with van der Waals surface area (Å²) in [6.45, 7) is 0. The number of hydrogen-bond acceptors (Lipinski definition) is 0. The lowest BCUT2D eigenvalue weighted by Gasteiger charge is -2.11. The van der Waals surface area contributed by atoms with Crippen molar-refractivity contribution in [2.45, 2.75) is 0 Å². The standard InChI is InChI=1S/C30H24Si3/c31-33-32-30-7-3-6-20-12-24-14-22-9-8-21-13-23-10-18-4-1-2-5-19(18)11-25(23)15-27(21)28(22)16-26(24)17-29(20)30/h1-17H,32-33H2,31H3. The fourth-order valence-corrected chi connectivity index (χ4v) is 14.8. The van der Waals surface area contributed by atoms with E-state index in [1.165, 1.54) is 74.4 Å². The van der Waals surface area contributed by atoms with E-state index in [1.54, 1.807) is 5.19 Å². The Morgan fingerprint density at radius 2 is 0.848 bits per heavy atom. The van der Waals surface area contributed by atoms with E-state index in [9.17, 15) is 0 Å². The molecule has 0 aliphatic rings. The van der Waals surface area contributed by atoms with Crippen molar-refractivity contribution in [3.8, 4) is 0 Å². The van der Waals surface area contributed by atoms with Crippen LogP contribution >= 0.6 is 0 Å². The summed E-state index contributed by atoms with van der Waals surface area (Å²) in [5, 5.41) is 17.9. The highest BCUT2D eigenvalue weighted by molar-refractivity contribution is 7.28. The molecule has 3 heteroatoms. The van der Waals surface area contributed by atoms with Gasteiger partial charge in [0.25, 0.3) is 0 Å². The van der Waals surface area contributed by atoms with Crippen LogP contribution in [0.25, 0.3) is 64.6 Å². The van der Waals surface area contributed by atoms with Crippen molar-refractivity contribution in [1.82, 2.24) is 0 Å². The second-order valence-corrected chi connectivity index (χ2v) is 25.1. The molecule has 0 amide bonds. The molecular formula is C30H24Si3. The van der Waals surface area contributed by atoms with Gasteiger partial charge >= 0.3 is 0 Å². The Balaban J connectivity index is 1.55. The van der Waals surface area contributed by atoms with Gasteiger partial charge in [-0.15, -0.1) is 0 Å². The van der Waals surface area contributed by atoms with E-state index in [2.05, 4.69) is 103 Å². The quantitative estimate of drug-likeness (QED) is 0.195. The number of rotatable bonds is 2. The van der Waals surface area contributed by atoms with Crippen molar-refractivity contribution in [2.24, 2.45) is 0 Å². The van der Waals surface area contributed by atoms with Gasteiger partial charge in [0.2, 0.25) is 0 Å². The minimum Gasteiger partial charge on any atom is -0.0634 e. The fourth-order valence-electron chi connectivity index (χ4n) is 5.58. The van der Waals surface area contributed by atoms with E-state index in [0.717, 1.165) is 0 Å². The first-order valence-electron chi connectivity index (χ1n) is 11.9. The molecule has 0 spiro atoms. The zero-order valence-corrected chi connectivity index (χ0v) is 23.6. The van der Waals surface area contributed by atoms with Crippen LogP contribution in [0.2, 0.25) is 0 Å². The van der Waals surface area contributed by atoms with Crippen molar-refractivity contribution in [2.75, 3.05) is 0 Å². The molecule has 0 bridgehead atoms. The second kappa shape index (κ2) is 7.39. The van der Waals surface area contributed by atoms with Crippen LogP contribution in [0.4, 0.5) is 0 Å². The molecule has 0 nitrogen and oxygen atoms in total. The summed E-state index contributed by atoms with van der Waals surface area (Å²) in [6.07, 6.45) is 0. The van der Waals surface area contributed by atoms with Gasteiger partial charge in [-0.1, -0.05) is 59.8 Å². The molecule has 0 atom stereocenters. The van der Waals surface area contributed by atoms with Crippen molar-refractivity contribution < 1.29 is 0 Å². The molecule has 7 aromatic carbocycles. The summed E-state index contributed by atoms with van der Waals surface area (Å²) < 4.78 is 0. The van der Waals surface area contributed by atoms with Gasteiger partial charge in [-0.25, -0.2) is 0 Å². The van der Waals surface area contributed by atoms with Gasteiger partial charge in [-0.2, -0.15) is 0 Å². The Kier molecular flexibility index (Phi) is 4.31. The predicted molar refractivity (Wildman–Crippen MR) is 158 cm³/mol. The molecule has 33 heavy (non-hydrogen) atoms. The Morgan fingerprint density at radius 3 is 1.45 bits per heavy atom. The zero-order chi connectivity index (χ0) is 21.9. The molecule has 0 saturated carbocycles. The molecule has 0 radical (unpaired) electrons. The summed E-state index contributed by atoms with van der Waals surface area (Å²) in [4.78, 5) is 0. The van der Waals surface area contributed by atoms with Crippen LogP contribution in [0.5, 0.6) is 0 Å². The maximum atomic E-state index is 2.48. The molecule has 0 heterocycles. The fraction of sp³-hybridized carbons (Fsp3) is 0. The summed E-state index contributed by atoms with van der Waals surface area (Å²) in [6, 6.07) is 39.4. The average Bonchev–Trinajstić information content (AvgIpc) is 2.84. The Labute approximate surface area is 199 Å². The van der Waals surface area contributed by atoms with Crippen LogP contribution in [-0.2, 0) is 0 Å². The monoisotopic (exact) mass is 468 g/mol. The van der Waals surface area contributed by atoms with Gasteiger partial charge in [0.1, 0.15) is 0 Å². The lowest BCUT2D eigenvalue weighted by atomic mass is 9.94. The highest BCUT2D eigenvalue weighted by Gasteiger charge is 2.08. The van der Waals surface area contributed by atoms with Crippen molar-refractivity contribution in [3.05, 3.63) is 103 Å². The molecule has 156 valence electrons. The molecule has 0 fully saturated rings. The molecule has 0 unspecified atom stereocenters. The lowest BCUT2D eigenvalue weighted by Crippen LogP contribution is -2.21. The number of fused-ring (bicyclic) bond motifs is 7. The molecule has 7 aromatic rings. The van der Waals surface area contributed by atoms with E-state index in [0.29, 0.717) is 0 Å². The highest BCUT2D eigenvalue weighted by Crippen LogP contribution is 2.34. The molecule has 0 aliphatic carbocycles. The molecular weight excluding hydrogens is 445 g/mol. The summed E-state index contributed by atoms with van der Waals surface area (Å²) in [7, 11) is 1.70. The molecule has 0 N–H and O–H groups in total. The van der Waals surface area contributed by atoms with Crippen LogP contribution in [0, 0.1) is 0 Å². The molecule has 0 aliphatic heterocycles. The Hall–Kier alpha value is -3.25. The molecule has 0 saturated heterocycles. The third-order valence-corrected chi connectivity index (χ3v) is 16.5. The van der Waals surface area contributed by atoms with Crippen LogP contribution < -0.4 is 5.19 Å². The normalized spacial score (nSPS) is 12.8. The van der Waals surface area contributed by atoms with Crippen molar-refractivity contribution >= 4 is 97.2 Å². The minimum atomic E-state index is -0.00418. The average molecular weight is 469 g/mol. The lowest BCUT2D eigenvalue weighted by molar-refractivity contribution is 1.79. The first-order chi connectivity index (χ1) is 16.3. The third-order valence-electron chi connectivity index (χ3n) is 7.22. The Morgan fingerprint density at radius 1 is 0.394 bits per heavy atom. The second-order valence-electron chi connectivity index (χ2n) is 9.35. The van der Waals surface area contributed by atoms with Crippen LogP contribution in [0.15, 0.2) is 103 Å². The van der Waals surface area contributed by atoms with Crippen LogP contribution in [0.1, 0.15) is 0 Å². The first kappa shape index (κ1) is 19.2. The SMILES string of the molecule is [SiH3][SiH2][SiH2]c1cccc2cc3cc4ccc5cc6cc7ccccc7cc6cc5c4cc3cc12. The Bertz CT molecular complexity index is 1890. The van der Waals surface area contributed by atoms with E-state index in [-0.39, 0.29) is 17.6 Å².